The van der Waals surface area contributed by atoms with Gasteiger partial charge in [-0.05, 0) is 26.2 Å². The molecule has 0 radical (unpaired) electrons. The lowest BCUT2D eigenvalue weighted by Gasteiger charge is -2.42. The largest absolute Gasteiger partial charge is 0.358 e. The summed E-state index contributed by atoms with van der Waals surface area (Å²) in [5.41, 5.74) is 2.13. The van der Waals surface area contributed by atoms with E-state index in [0.717, 1.165) is 43.7 Å². The van der Waals surface area contributed by atoms with Crippen molar-refractivity contribution in [3.63, 3.8) is 0 Å². The molecule has 1 fully saturated rings. The molecule has 4 heteroatoms. The Hall–Kier alpha value is -0.480. The van der Waals surface area contributed by atoms with E-state index in [2.05, 4.69) is 32.6 Å². The van der Waals surface area contributed by atoms with Crippen molar-refractivity contribution in [2.24, 2.45) is 0 Å². The number of hydrogen-bond acceptors (Lipinski definition) is 4. The van der Waals surface area contributed by atoms with Crippen LogP contribution in [0.5, 0.6) is 0 Å². The second kappa shape index (κ2) is 5.25. The number of hydrogen-bond donors (Lipinski definition) is 0. The molecule has 0 aromatic carbocycles. The fourth-order valence-electron chi connectivity index (χ4n) is 2.52. The van der Waals surface area contributed by atoms with E-state index < -0.39 is 0 Å². The van der Waals surface area contributed by atoms with Gasteiger partial charge in [0, 0.05) is 22.6 Å². The second-order valence-electron chi connectivity index (χ2n) is 5.98. The molecule has 2 rings (SSSR count). The van der Waals surface area contributed by atoms with Crippen LogP contribution in [0.2, 0.25) is 0 Å². The monoisotopic (exact) mass is 269 g/mol. The minimum Gasteiger partial charge on any atom is -0.358 e. The quantitative estimate of drug-likeness (QED) is 0.731. The zero-order valence-electron chi connectivity index (χ0n) is 11.8. The number of nitrogens with zero attached hydrogens (tertiary/aromatic N) is 1. The Bertz CT molecular complexity index is 370. The summed E-state index contributed by atoms with van der Waals surface area (Å²) in [6, 6.07) is 0. The van der Waals surface area contributed by atoms with Gasteiger partial charge in [-0.2, -0.15) is 0 Å². The first-order valence-electron chi connectivity index (χ1n) is 6.70. The molecular weight excluding hydrogens is 246 g/mol. The van der Waals surface area contributed by atoms with Gasteiger partial charge in [-0.25, -0.2) is 0 Å². The third-order valence-corrected chi connectivity index (χ3v) is 4.40. The highest BCUT2D eigenvalue weighted by atomic mass is 32.2. The molecule has 0 amide bonds. The highest BCUT2D eigenvalue weighted by molar-refractivity contribution is 8.15. The molecule has 2 heterocycles. The van der Waals surface area contributed by atoms with Gasteiger partial charge in [-0.3, -0.25) is 4.79 Å². The van der Waals surface area contributed by atoms with Crippen molar-refractivity contribution in [1.29, 1.82) is 0 Å². The Morgan fingerprint density at radius 1 is 1.44 bits per heavy atom. The summed E-state index contributed by atoms with van der Waals surface area (Å²) in [5, 5.41) is 0.240. The summed E-state index contributed by atoms with van der Waals surface area (Å²) < 4.78 is 5.74. The predicted octanol–water partition coefficient (Wildman–Crippen LogP) is 3.16. The van der Waals surface area contributed by atoms with E-state index >= 15 is 0 Å². The lowest BCUT2D eigenvalue weighted by Crippen LogP contribution is -2.44. The number of ether oxygens (including phenoxy) is 1. The van der Waals surface area contributed by atoms with Crippen LogP contribution in [0.25, 0.3) is 0 Å². The highest BCUT2D eigenvalue weighted by Crippen LogP contribution is 2.35. The van der Waals surface area contributed by atoms with Crippen LogP contribution in [0.1, 0.15) is 47.0 Å². The molecule has 0 aromatic heterocycles. The number of rotatable bonds is 1. The van der Waals surface area contributed by atoms with Crippen LogP contribution in [0, 0.1) is 0 Å². The number of fused-ring (bicyclic) bond motifs is 1. The highest BCUT2D eigenvalue weighted by Gasteiger charge is 2.32. The molecule has 0 saturated carbocycles. The van der Waals surface area contributed by atoms with Crippen LogP contribution >= 0.6 is 11.8 Å². The van der Waals surface area contributed by atoms with Crippen LogP contribution in [0.3, 0.4) is 0 Å². The summed E-state index contributed by atoms with van der Waals surface area (Å²) in [4.78, 5) is 14.6. The third kappa shape index (κ3) is 3.09. The molecule has 1 saturated heterocycles. The number of carbonyl (C=O) groups is 1. The van der Waals surface area contributed by atoms with E-state index in [9.17, 15) is 4.79 Å². The molecule has 0 N–H and O–H groups in total. The summed E-state index contributed by atoms with van der Waals surface area (Å²) in [7, 11) is 0. The van der Waals surface area contributed by atoms with Crippen molar-refractivity contribution < 1.29 is 9.53 Å². The molecule has 0 aromatic rings. The van der Waals surface area contributed by atoms with Crippen molar-refractivity contribution in [3.05, 3.63) is 11.3 Å². The molecule has 2 aliphatic rings. The SMILES string of the molecule is CC1=C(C(=O)SC(C)(C)C)CCC2OCCCN12. The number of carbonyl (C=O) groups excluding carboxylic acids is 1. The minimum atomic E-state index is -0.0143. The first-order chi connectivity index (χ1) is 8.38. The van der Waals surface area contributed by atoms with Crippen molar-refractivity contribution >= 4 is 16.9 Å². The Morgan fingerprint density at radius 3 is 2.83 bits per heavy atom. The van der Waals surface area contributed by atoms with Crippen LogP contribution < -0.4 is 0 Å². The molecule has 0 bridgehead atoms. The maximum Gasteiger partial charge on any atom is 0.217 e. The topological polar surface area (TPSA) is 29.5 Å². The minimum absolute atomic E-state index is 0.0143. The summed E-state index contributed by atoms with van der Waals surface area (Å²) >= 11 is 1.44. The van der Waals surface area contributed by atoms with Gasteiger partial charge >= 0.3 is 0 Å². The normalized spacial score (nSPS) is 25.1. The Balaban J connectivity index is 2.14. The lowest BCUT2D eigenvalue weighted by molar-refractivity contribution is -0.110. The predicted molar refractivity (Wildman–Crippen MR) is 75.3 cm³/mol. The molecule has 1 unspecified atom stereocenters. The van der Waals surface area contributed by atoms with Crippen molar-refractivity contribution in [2.45, 2.75) is 57.9 Å². The van der Waals surface area contributed by atoms with Crippen molar-refractivity contribution in [2.75, 3.05) is 13.2 Å². The van der Waals surface area contributed by atoms with Gasteiger partial charge in [0.05, 0.1) is 6.61 Å². The van der Waals surface area contributed by atoms with E-state index in [4.69, 9.17) is 4.74 Å². The lowest BCUT2D eigenvalue weighted by atomic mass is 10.0. The van der Waals surface area contributed by atoms with Gasteiger partial charge in [0.15, 0.2) is 0 Å². The van der Waals surface area contributed by atoms with Gasteiger partial charge in [-0.1, -0.05) is 32.5 Å². The van der Waals surface area contributed by atoms with E-state index in [1.807, 2.05) is 0 Å². The Morgan fingerprint density at radius 2 is 2.17 bits per heavy atom. The van der Waals surface area contributed by atoms with Crippen molar-refractivity contribution in [1.82, 2.24) is 4.90 Å². The fraction of sp³-hybridized carbons (Fsp3) is 0.786. The molecule has 0 spiro atoms. The van der Waals surface area contributed by atoms with E-state index in [1.165, 1.54) is 11.8 Å². The van der Waals surface area contributed by atoms with Gasteiger partial charge in [0.1, 0.15) is 6.23 Å². The smallest absolute Gasteiger partial charge is 0.217 e. The average molecular weight is 269 g/mol. The fourth-order valence-corrected chi connectivity index (χ4v) is 3.45. The third-order valence-electron chi connectivity index (χ3n) is 3.36. The van der Waals surface area contributed by atoms with Crippen LogP contribution in [0.15, 0.2) is 11.3 Å². The number of thioether (sulfide) groups is 1. The van der Waals surface area contributed by atoms with Crippen LogP contribution in [-0.4, -0.2) is 34.1 Å². The zero-order valence-corrected chi connectivity index (χ0v) is 12.6. The molecule has 3 nitrogen and oxygen atoms in total. The van der Waals surface area contributed by atoms with Gasteiger partial charge < -0.3 is 9.64 Å². The Labute approximate surface area is 114 Å². The standard InChI is InChI=1S/C14H23NO2S/c1-10-11(13(16)18-14(2,3)4)6-7-12-15(10)8-5-9-17-12/h12H,5-9H2,1-4H3. The van der Waals surface area contributed by atoms with Crippen LogP contribution in [0.4, 0.5) is 0 Å². The summed E-state index contributed by atoms with van der Waals surface area (Å²) in [6.45, 7) is 10.2. The molecule has 2 aliphatic heterocycles. The number of allylic oxidation sites excluding steroid dienone is 1. The molecule has 18 heavy (non-hydrogen) atoms. The van der Waals surface area contributed by atoms with Crippen LogP contribution in [-0.2, 0) is 9.53 Å². The van der Waals surface area contributed by atoms with E-state index in [0.29, 0.717) is 0 Å². The first kappa shape index (κ1) is 13.9. The first-order valence-corrected chi connectivity index (χ1v) is 7.51. The average Bonchev–Trinajstić information content (AvgIpc) is 2.27. The van der Waals surface area contributed by atoms with Crippen molar-refractivity contribution in [3.8, 4) is 0 Å². The van der Waals surface area contributed by atoms with Gasteiger partial charge in [0.2, 0.25) is 5.12 Å². The summed E-state index contributed by atoms with van der Waals surface area (Å²) in [6.07, 6.45) is 3.06. The second-order valence-corrected chi connectivity index (χ2v) is 7.78. The molecular formula is C14H23NO2S. The summed E-state index contributed by atoms with van der Waals surface area (Å²) in [5.74, 6) is 0. The molecule has 102 valence electrons. The maximum absolute atomic E-state index is 12.3. The Kier molecular flexibility index (Phi) is 4.07. The van der Waals surface area contributed by atoms with Gasteiger partial charge in [0.25, 0.3) is 0 Å². The van der Waals surface area contributed by atoms with Gasteiger partial charge in [-0.15, -0.1) is 0 Å². The molecule has 0 aliphatic carbocycles. The maximum atomic E-state index is 12.3. The van der Waals surface area contributed by atoms with E-state index in [1.54, 1.807) is 0 Å². The zero-order chi connectivity index (χ0) is 13.3. The van der Waals surface area contributed by atoms with E-state index in [-0.39, 0.29) is 16.1 Å². The molecule has 1 atom stereocenters.